The number of benzene rings is 1. The van der Waals surface area contributed by atoms with Crippen molar-refractivity contribution in [2.24, 2.45) is 5.92 Å². The van der Waals surface area contributed by atoms with E-state index in [2.05, 4.69) is 0 Å². The number of rotatable bonds is 2. The highest BCUT2D eigenvalue weighted by Gasteiger charge is 2.56. The molecule has 2 aliphatic heterocycles. The molecule has 4 atom stereocenters. The van der Waals surface area contributed by atoms with E-state index < -0.39 is 35.9 Å². The average Bonchev–Trinajstić information content (AvgIpc) is 2.99. The Labute approximate surface area is 155 Å². The van der Waals surface area contributed by atoms with Crippen LogP contribution in [0.3, 0.4) is 0 Å². The van der Waals surface area contributed by atoms with Crippen LogP contribution in [-0.2, 0) is 14.2 Å². The van der Waals surface area contributed by atoms with Gasteiger partial charge in [0.05, 0.1) is 5.60 Å². The summed E-state index contributed by atoms with van der Waals surface area (Å²) >= 11 is 0. The van der Waals surface area contributed by atoms with Crippen LogP contribution < -0.4 is 16.1 Å². The van der Waals surface area contributed by atoms with Gasteiger partial charge in [-0.3, -0.25) is 0 Å². The van der Waals surface area contributed by atoms with Crippen molar-refractivity contribution < 1.29 is 28.2 Å². The van der Waals surface area contributed by atoms with Crippen molar-refractivity contribution in [2.75, 3.05) is 5.73 Å². The highest BCUT2D eigenvalue weighted by atomic mass is 16.8. The Hall–Kier alpha value is -2.74. The smallest absolute Gasteiger partial charge is 0.460 e. The number of hydrogen-bond acceptors (Lipinski definition) is 8. The lowest BCUT2D eigenvalue weighted by molar-refractivity contribution is -0.260. The second-order valence-electron chi connectivity index (χ2n) is 7.51. The van der Waals surface area contributed by atoms with Crippen LogP contribution in [0, 0.1) is 12.8 Å². The third kappa shape index (κ3) is 2.80. The van der Waals surface area contributed by atoms with Gasteiger partial charge >= 0.3 is 11.8 Å². The Balaban J connectivity index is 1.70. The largest absolute Gasteiger partial charge is 0.509 e. The van der Waals surface area contributed by atoms with Gasteiger partial charge in [-0.15, -0.1) is 0 Å². The third-order valence-electron chi connectivity index (χ3n) is 5.44. The molecule has 1 aromatic heterocycles. The summed E-state index contributed by atoms with van der Waals surface area (Å²) in [5, 5.41) is 0.684. The van der Waals surface area contributed by atoms with Gasteiger partial charge in [-0.1, -0.05) is 6.92 Å². The van der Waals surface area contributed by atoms with Gasteiger partial charge in [-0.25, -0.2) is 9.59 Å². The molecule has 0 spiro atoms. The quantitative estimate of drug-likeness (QED) is 0.630. The minimum Gasteiger partial charge on any atom is -0.460 e. The van der Waals surface area contributed by atoms with Crippen LogP contribution in [-0.4, -0.2) is 30.3 Å². The summed E-state index contributed by atoms with van der Waals surface area (Å²) in [6.45, 7) is 7.52. The zero-order valence-corrected chi connectivity index (χ0v) is 15.5. The van der Waals surface area contributed by atoms with Crippen LogP contribution >= 0.6 is 0 Å². The standard InChI is InChI=1S/C19H21NO7/c1-8-12(6-5-10-7-11(20)16(21)24-13(8)10)23-17-15-14(25-18(22)26-15)9(2)19(3,4)27-17/h5-7,9,14-15,17H,20H2,1-4H3/t9-,14+,15?,17-/m1/s1. The minimum absolute atomic E-state index is 0.0415. The first-order chi connectivity index (χ1) is 12.7. The van der Waals surface area contributed by atoms with Gasteiger partial charge in [0.2, 0.25) is 12.4 Å². The predicted molar refractivity (Wildman–Crippen MR) is 95.5 cm³/mol. The van der Waals surface area contributed by atoms with Crippen molar-refractivity contribution in [1.82, 2.24) is 0 Å². The zero-order chi connectivity index (χ0) is 19.5. The van der Waals surface area contributed by atoms with E-state index in [1.807, 2.05) is 20.8 Å². The second-order valence-corrected chi connectivity index (χ2v) is 7.51. The summed E-state index contributed by atoms with van der Waals surface area (Å²) in [6.07, 6.45) is -2.74. The molecule has 0 saturated carbocycles. The molecular formula is C19H21NO7. The van der Waals surface area contributed by atoms with Crippen molar-refractivity contribution in [1.29, 1.82) is 0 Å². The van der Waals surface area contributed by atoms with E-state index in [4.69, 9.17) is 29.1 Å². The maximum atomic E-state index is 11.8. The van der Waals surface area contributed by atoms with Crippen molar-refractivity contribution in [3.05, 3.63) is 34.2 Å². The zero-order valence-electron chi connectivity index (χ0n) is 15.5. The first-order valence-electron chi connectivity index (χ1n) is 8.72. The molecule has 2 saturated heterocycles. The molecule has 1 unspecified atom stereocenters. The number of nitrogen functional groups attached to an aromatic ring is 1. The number of aryl methyl sites for hydroxylation is 1. The molecule has 0 aliphatic carbocycles. The van der Waals surface area contributed by atoms with E-state index in [1.54, 1.807) is 25.1 Å². The third-order valence-corrected chi connectivity index (χ3v) is 5.44. The van der Waals surface area contributed by atoms with Crippen molar-refractivity contribution in [3.63, 3.8) is 0 Å². The van der Waals surface area contributed by atoms with E-state index in [0.29, 0.717) is 22.3 Å². The number of fused-ring (bicyclic) bond motifs is 2. The van der Waals surface area contributed by atoms with E-state index in [1.165, 1.54) is 0 Å². The number of nitrogens with two attached hydrogens (primary N) is 1. The molecule has 0 radical (unpaired) electrons. The van der Waals surface area contributed by atoms with Crippen molar-refractivity contribution >= 4 is 22.8 Å². The van der Waals surface area contributed by atoms with Gasteiger partial charge in [-0.2, -0.15) is 0 Å². The van der Waals surface area contributed by atoms with Gasteiger partial charge in [0.1, 0.15) is 17.0 Å². The van der Waals surface area contributed by atoms with Gasteiger partial charge < -0.3 is 29.1 Å². The Bertz CT molecular complexity index is 980. The number of ether oxygens (including phenoxy) is 4. The molecule has 3 heterocycles. The minimum atomic E-state index is -0.857. The lowest BCUT2D eigenvalue weighted by Crippen LogP contribution is -2.58. The molecule has 2 aliphatic rings. The van der Waals surface area contributed by atoms with Crippen molar-refractivity contribution in [2.45, 2.75) is 51.8 Å². The SMILES string of the molecule is Cc1c(O[C@@H]2OC(C)(C)[C@H](C)[C@@H]3OC(=O)OC23)ccc2cc(N)c(=O)oc12. The van der Waals surface area contributed by atoms with E-state index >= 15 is 0 Å². The summed E-state index contributed by atoms with van der Waals surface area (Å²) in [4.78, 5) is 23.4. The fraction of sp³-hybridized carbons (Fsp3) is 0.474. The lowest BCUT2D eigenvalue weighted by atomic mass is 9.82. The van der Waals surface area contributed by atoms with Crippen LogP contribution in [0.25, 0.3) is 11.0 Å². The summed E-state index contributed by atoms with van der Waals surface area (Å²) in [5.74, 6) is 0.375. The molecule has 0 amide bonds. The molecule has 4 rings (SSSR count). The summed E-state index contributed by atoms with van der Waals surface area (Å²) < 4.78 is 28.0. The maximum Gasteiger partial charge on any atom is 0.509 e. The van der Waals surface area contributed by atoms with Gasteiger partial charge in [0.15, 0.2) is 6.10 Å². The maximum absolute atomic E-state index is 11.8. The second kappa shape index (κ2) is 5.88. The van der Waals surface area contributed by atoms with Crippen LogP contribution in [0.4, 0.5) is 10.5 Å². The molecule has 27 heavy (non-hydrogen) atoms. The fourth-order valence-electron chi connectivity index (χ4n) is 3.52. The van der Waals surface area contributed by atoms with E-state index in [9.17, 15) is 9.59 Å². The Morgan fingerprint density at radius 2 is 1.85 bits per heavy atom. The van der Waals surface area contributed by atoms with Gasteiger partial charge in [0.25, 0.3) is 0 Å². The van der Waals surface area contributed by atoms with Crippen LogP contribution in [0.1, 0.15) is 26.3 Å². The Morgan fingerprint density at radius 1 is 1.15 bits per heavy atom. The van der Waals surface area contributed by atoms with Crippen LogP contribution in [0.2, 0.25) is 0 Å². The molecule has 8 heteroatoms. The number of hydrogen-bond donors (Lipinski definition) is 1. The highest BCUT2D eigenvalue weighted by Crippen LogP contribution is 2.41. The van der Waals surface area contributed by atoms with Crippen LogP contribution in [0.15, 0.2) is 27.4 Å². The van der Waals surface area contributed by atoms with Gasteiger partial charge in [0, 0.05) is 16.9 Å². The lowest BCUT2D eigenvalue weighted by Gasteiger charge is -2.44. The van der Waals surface area contributed by atoms with Crippen LogP contribution in [0.5, 0.6) is 5.75 Å². The molecular weight excluding hydrogens is 354 g/mol. The summed E-state index contributed by atoms with van der Waals surface area (Å²) in [5.41, 5.74) is 5.46. The molecule has 1 aromatic carbocycles. The fourth-order valence-corrected chi connectivity index (χ4v) is 3.52. The van der Waals surface area contributed by atoms with Crippen molar-refractivity contribution in [3.8, 4) is 5.75 Å². The number of carbonyl (C=O) groups is 1. The molecule has 2 fully saturated rings. The molecule has 8 nitrogen and oxygen atoms in total. The summed E-state index contributed by atoms with van der Waals surface area (Å²) in [6, 6.07) is 5.03. The number of anilines is 1. The topological polar surface area (TPSA) is 110 Å². The first kappa shape index (κ1) is 17.7. The van der Waals surface area contributed by atoms with E-state index in [0.717, 1.165) is 0 Å². The molecule has 0 bridgehead atoms. The average molecular weight is 375 g/mol. The Morgan fingerprint density at radius 3 is 2.59 bits per heavy atom. The monoisotopic (exact) mass is 375 g/mol. The predicted octanol–water partition coefficient (Wildman–Crippen LogP) is 2.74. The molecule has 2 N–H and O–H groups in total. The first-order valence-corrected chi connectivity index (χ1v) is 8.72. The molecule has 144 valence electrons. The Kier molecular flexibility index (Phi) is 3.85. The molecule has 2 aromatic rings. The number of carbonyl (C=O) groups excluding carboxylic acids is 1. The normalized spacial score (nSPS) is 29.1. The summed E-state index contributed by atoms with van der Waals surface area (Å²) in [7, 11) is 0. The highest BCUT2D eigenvalue weighted by molar-refractivity contribution is 5.83. The van der Waals surface area contributed by atoms with E-state index in [-0.39, 0.29) is 11.6 Å². The van der Waals surface area contributed by atoms with Gasteiger partial charge in [-0.05, 0) is 39.0 Å².